The Hall–Kier alpha value is -2.85. The van der Waals surface area contributed by atoms with Crippen LogP contribution in [0.3, 0.4) is 0 Å². The molecule has 1 atom stereocenters. The van der Waals surface area contributed by atoms with E-state index in [2.05, 4.69) is 29.6 Å². The van der Waals surface area contributed by atoms with E-state index in [1.54, 1.807) is 7.11 Å². The largest absolute Gasteiger partial charge is 0.497 e. The van der Waals surface area contributed by atoms with Crippen LogP contribution in [0.5, 0.6) is 5.75 Å². The van der Waals surface area contributed by atoms with E-state index in [1.165, 1.54) is 10.9 Å². The Bertz CT molecular complexity index is 909. The van der Waals surface area contributed by atoms with Crippen molar-refractivity contribution in [2.45, 2.75) is 19.5 Å². The molecule has 1 unspecified atom stereocenters. The summed E-state index contributed by atoms with van der Waals surface area (Å²) in [5.74, 6) is 0.885. The number of nitrogens with zero attached hydrogens (tertiary/aromatic N) is 1. The van der Waals surface area contributed by atoms with Crippen LogP contribution in [-0.2, 0) is 11.3 Å². The molecule has 0 aliphatic rings. The van der Waals surface area contributed by atoms with E-state index in [9.17, 15) is 4.79 Å². The maximum absolute atomic E-state index is 12.3. The van der Waals surface area contributed by atoms with E-state index in [4.69, 9.17) is 4.74 Å². The highest BCUT2D eigenvalue weighted by molar-refractivity contribution is 5.84. The summed E-state index contributed by atoms with van der Waals surface area (Å²) in [6.45, 7) is 3.08. The monoisotopic (exact) mass is 362 g/mol. The minimum Gasteiger partial charge on any atom is -0.497 e. The van der Waals surface area contributed by atoms with Gasteiger partial charge in [0.2, 0.25) is 5.91 Å². The first-order valence-electron chi connectivity index (χ1n) is 9.14. The summed E-state index contributed by atoms with van der Waals surface area (Å²) < 4.78 is 5.27. The Labute approximate surface area is 160 Å². The molecule has 27 heavy (non-hydrogen) atoms. The van der Waals surface area contributed by atoms with Gasteiger partial charge in [-0.2, -0.15) is 0 Å². The third-order valence-corrected chi connectivity index (χ3v) is 4.65. The second-order valence-corrected chi connectivity index (χ2v) is 6.92. The van der Waals surface area contributed by atoms with Crippen LogP contribution in [-0.4, -0.2) is 31.5 Å². The van der Waals surface area contributed by atoms with Crippen molar-refractivity contribution in [3.05, 3.63) is 77.9 Å². The molecule has 4 heteroatoms. The number of amides is 1. The first-order valence-corrected chi connectivity index (χ1v) is 9.14. The van der Waals surface area contributed by atoms with Crippen LogP contribution >= 0.6 is 0 Å². The molecule has 0 fully saturated rings. The standard InChI is InChI=1S/C23H26N2O2/c1-17(19-7-5-4-6-8-19)24-23(26)16-25(2)15-18-9-10-21-14-22(27-3)12-11-20(21)13-18/h4-14,17H,15-16H2,1-3H3,(H,24,26). The number of methoxy groups -OCH3 is 1. The van der Waals surface area contributed by atoms with E-state index in [0.717, 1.165) is 23.2 Å². The maximum atomic E-state index is 12.3. The minimum atomic E-state index is 0.00255. The highest BCUT2D eigenvalue weighted by atomic mass is 16.5. The van der Waals surface area contributed by atoms with E-state index in [-0.39, 0.29) is 11.9 Å². The van der Waals surface area contributed by atoms with Crippen molar-refractivity contribution in [3.63, 3.8) is 0 Å². The summed E-state index contributed by atoms with van der Waals surface area (Å²) in [6, 6.07) is 22.4. The highest BCUT2D eigenvalue weighted by Crippen LogP contribution is 2.22. The number of carbonyl (C=O) groups excluding carboxylic acids is 1. The predicted octanol–water partition coefficient (Wildman–Crippen LogP) is 4.16. The van der Waals surface area contributed by atoms with Crippen LogP contribution in [0.15, 0.2) is 66.7 Å². The van der Waals surface area contributed by atoms with Crippen molar-refractivity contribution >= 4 is 16.7 Å². The van der Waals surface area contributed by atoms with Gasteiger partial charge in [-0.05, 0) is 54.1 Å². The van der Waals surface area contributed by atoms with Crippen molar-refractivity contribution in [3.8, 4) is 5.75 Å². The molecule has 1 amide bonds. The Morgan fingerprint density at radius 2 is 1.74 bits per heavy atom. The lowest BCUT2D eigenvalue weighted by molar-refractivity contribution is -0.122. The molecule has 0 aliphatic heterocycles. The molecular formula is C23H26N2O2. The van der Waals surface area contributed by atoms with E-state index < -0.39 is 0 Å². The zero-order chi connectivity index (χ0) is 19.2. The fourth-order valence-electron chi connectivity index (χ4n) is 3.22. The average molecular weight is 362 g/mol. The molecule has 3 aromatic rings. The molecule has 0 heterocycles. The highest BCUT2D eigenvalue weighted by Gasteiger charge is 2.12. The zero-order valence-electron chi connectivity index (χ0n) is 16.1. The number of hydrogen-bond acceptors (Lipinski definition) is 3. The number of nitrogens with one attached hydrogen (secondary N) is 1. The Morgan fingerprint density at radius 1 is 1.04 bits per heavy atom. The van der Waals surface area contributed by atoms with Gasteiger partial charge in [0.25, 0.3) is 0 Å². The van der Waals surface area contributed by atoms with Gasteiger partial charge in [0.1, 0.15) is 5.75 Å². The van der Waals surface area contributed by atoms with Gasteiger partial charge in [-0.25, -0.2) is 0 Å². The zero-order valence-corrected chi connectivity index (χ0v) is 16.1. The number of benzene rings is 3. The molecule has 4 nitrogen and oxygen atoms in total. The third kappa shape index (κ3) is 5.08. The Kier molecular flexibility index (Phi) is 6.09. The van der Waals surface area contributed by atoms with Crippen LogP contribution < -0.4 is 10.1 Å². The predicted molar refractivity (Wildman–Crippen MR) is 110 cm³/mol. The van der Waals surface area contributed by atoms with Gasteiger partial charge >= 0.3 is 0 Å². The van der Waals surface area contributed by atoms with Crippen LogP contribution in [0.2, 0.25) is 0 Å². The van der Waals surface area contributed by atoms with Crippen molar-refractivity contribution in [1.82, 2.24) is 10.2 Å². The van der Waals surface area contributed by atoms with E-state index >= 15 is 0 Å². The molecular weight excluding hydrogens is 336 g/mol. The maximum Gasteiger partial charge on any atom is 0.234 e. The summed E-state index contributed by atoms with van der Waals surface area (Å²) >= 11 is 0. The van der Waals surface area contributed by atoms with E-state index in [0.29, 0.717) is 6.54 Å². The average Bonchev–Trinajstić information content (AvgIpc) is 2.68. The lowest BCUT2D eigenvalue weighted by Gasteiger charge is -2.19. The van der Waals surface area contributed by atoms with Gasteiger partial charge in [0.05, 0.1) is 19.7 Å². The van der Waals surface area contributed by atoms with Gasteiger partial charge in [0.15, 0.2) is 0 Å². The quantitative estimate of drug-likeness (QED) is 0.686. The Morgan fingerprint density at radius 3 is 2.48 bits per heavy atom. The van der Waals surface area contributed by atoms with Crippen molar-refractivity contribution in [2.24, 2.45) is 0 Å². The second-order valence-electron chi connectivity index (χ2n) is 6.92. The summed E-state index contributed by atoms with van der Waals surface area (Å²) in [6.07, 6.45) is 0. The van der Waals surface area contributed by atoms with Gasteiger partial charge in [-0.3, -0.25) is 9.69 Å². The number of ether oxygens (including phenoxy) is 1. The fourth-order valence-corrected chi connectivity index (χ4v) is 3.22. The molecule has 0 aliphatic carbocycles. The van der Waals surface area contributed by atoms with Gasteiger partial charge in [-0.1, -0.05) is 48.5 Å². The number of rotatable bonds is 7. The lowest BCUT2D eigenvalue weighted by atomic mass is 10.1. The van der Waals surface area contributed by atoms with Crippen LogP contribution in [0.1, 0.15) is 24.1 Å². The molecule has 3 rings (SSSR count). The van der Waals surface area contributed by atoms with Gasteiger partial charge in [0, 0.05) is 6.54 Å². The molecule has 0 aromatic heterocycles. The topological polar surface area (TPSA) is 41.6 Å². The molecule has 3 aromatic carbocycles. The van der Waals surface area contributed by atoms with Crippen molar-refractivity contribution in [2.75, 3.05) is 20.7 Å². The van der Waals surface area contributed by atoms with Crippen LogP contribution in [0.4, 0.5) is 0 Å². The lowest BCUT2D eigenvalue weighted by Crippen LogP contribution is -2.36. The fraction of sp³-hybridized carbons (Fsp3) is 0.261. The second kappa shape index (κ2) is 8.69. The normalized spacial score (nSPS) is 12.1. The Balaban J connectivity index is 1.57. The molecule has 0 bridgehead atoms. The number of hydrogen-bond donors (Lipinski definition) is 1. The smallest absolute Gasteiger partial charge is 0.234 e. The summed E-state index contributed by atoms with van der Waals surface area (Å²) in [7, 11) is 3.64. The first kappa shape index (κ1) is 18.9. The SMILES string of the molecule is COc1ccc2cc(CN(C)CC(=O)NC(C)c3ccccc3)ccc2c1. The van der Waals surface area contributed by atoms with Crippen LogP contribution in [0, 0.1) is 0 Å². The van der Waals surface area contributed by atoms with Crippen molar-refractivity contribution in [1.29, 1.82) is 0 Å². The van der Waals surface area contributed by atoms with E-state index in [1.807, 2.05) is 61.3 Å². The third-order valence-electron chi connectivity index (χ3n) is 4.65. The first-order chi connectivity index (χ1) is 13.0. The number of carbonyl (C=O) groups is 1. The van der Waals surface area contributed by atoms with Gasteiger partial charge < -0.3 is 10.1 Å². The summed E-state index contributed by atoms with van der Waals surface area (Å²) in [5, 5.41) is 5.38. The molecule has 0 saturated carbocycles. The molecule has 0 saturated heterocycles. The number of fused-ring (bicyclic) bond motifs is 1. The summed E-state index contributed by atoms with van der Waals surface area (Å²) in [5.41, 5.74) is 2.29. The number of likely N-dealkylation sites (N-methyl/N-ethyl adjacent to an activating group) is 1. The molecule has 0 radical (unpaired) electrons. The van der Waals surface area contributed by atoms with Gasteiger partial charge in [-0.15, -0.1) is 0 Å². The van der Waals surface area contributed by atoms with Crippen molar-refractivity contribution < 1.29 is 9.53 Å². The molecule has 0 spiro atoms. The minimum absolute atomic E-state index is 0.00255. The summed E-state index contributed by atoms with van der Waals surface area (Å²) in [4.78, 5) is 14.4. The molecule has 1 N–H and O–H groups in total. The molecule has 140 valence electrons. The van der Waals surface area contributed by atoms with Crippen LogP contribution in [0.25, 0.3) is 10.8 Å².